The van der Waals surface area contributed by atoms with Crippen LogP contribution in [0.4, 0.5) is 5.69 Å². The van der Waals surface area contributed by atoms with Crippen LogP contribution in [0.2, 0.25) is 0 Å². The van der Waals surface area contributed by atoms with E-state index in [1.54, 1.807) is 0 Å². The molecule has 8 nitrogen and oxygen atoms in total. The Labute approximate surface area is 115 Å². The van der Waals surface area contributed by atoms with E-state index in [-0.39, 0.29) is 23.7 Å². The number of rotatable bonds is 3. The molecule has 2 heterocycles. The number of aromatic nitrogens is 2. The molecule has 1 aromatic heterocycles. The highest BCUT2D eigenvalue weighted by Crippen LogP contribution is 2.16. The third-order valence-electron chi connectivity index (χ3n) is 3.41. The van der Waals surface area contributed by atoms with Crippen LogP contribution in [-0.2, 0) is 16.0 Å². The Hall–Kier alpha value is -2.38. The number of H-pyrrole nitrogens is 1. The molecule has 20 heavy (non-hydrogen) atoms. The summed E-state index contributed by atoms with van der Waals surface area (Å²) in [5.41, 5.74) is 6.85. The molecule has 1 aromatic rings. The summed E-state index contributed by atoms with van der Waals surface area (Å²) in [6, 6.07) is -0.716. The Morgan fingerprint density at radius 3 is 2.85 bits per heavy atom. The van der Waals surface area contributed by atoms with Crippen LogP contribution in [0.15, 0.2) is 0 Å². The normalized spacial score (nSPS) is 19.3. The molecule has 0 radical (unpaired) electrons. The van der Waals surface area contributed by atoms with Crippen LogP contribution >= 0.6 is 0 Å². The number of hydrogen-bond acceptors (Lipinski definition) is 5. The minimum atomic E-state index is -0.716. The number of hydrogen-bond donors (Lipinski definition) is 3. The third-order valence-corrected chi connectivity index (χ3v) is 3.41. The van der Waals surface area contributed by atoms with Gasteiger partial charge in [0.2, 0.25) is 5.91 Å². The van der Waals surface area contributed by atoms with Gasteiger partial charge in [-0.05, 0) is 12.8 Å². The second-order valence-electron chi connectivity index (χ2n) is 4.67. The van der Waals surface area contributed by atoms with Crippen molar-refractivity contribution in [1.82, 2.24) is 20.4 Å². The van der Waals surface area contributed by atoms with Gasteiger partial charge in [-0.1, -0.05) is 6.92 Å². The molecule has 0 spiro atoms. The first-order valence-corrected chi connectivity index (χ1v) is 6.39. The molecule has 8 heteroatoms. The van der Waals surface area contributed by atoms with Gasteiger partial charge in [-0.2, -0.15) is 5.10 Å². The number of carbonyl (C=O) groups excluding carboxylic acids is 3. The maximum absolute atomic E-state index is 12.1. The van der Waals surface area contributed by atoms with Crippen LogP contribution in [0.3, 0.4) is 0 Å². The minimum absolute atomic E-state index is 0.0780. The lowest BCUT2D eigenvalue weighted by Gasteiger charge is -2.27. The van der Waals surface area contributed by atoms with Crippen LogP contribution in [0.5, 0.6) is 0 Å². The lowest BCUT2D eigenvalue weighted by Crippen LogP contribution is -2.53. The molecule has 1 saturated heterocycles. The van der Waals surface area contributed by atoms with Crippen molar-refractivity contribution in [3.8, 4) is 0 Å². The van der Waals surface area contributed by atoms with Gasteiger partial charge < -0.3 is 11.1 Å². The molecule has 1 unspecified atom stereocenters. The summed E-state index contributed by atoms with van der Waals surface area (Å²) in [6.07, 6.45) is 1.15. The molecule has 0 aromatic carbocycles. The van der Waals surface area contributed by atoms with E-state index in [0.29, 0.717) is 18.5 Å². The highest BCUT2D eigenvalue weighted by atomic mass is 16.2. The number of carbonyl (C=O) groups is 3. The van der Waals surface area contributed by atoms with Crippen molar-refractivity contribution in [2.24, 2.45) is 0 Å². The molecule has 2 rings (SSSR count). The fourth-order valence-electron chi connectivity index (χ4n) is 2.11. The molecule has 1 atom stereocenters. The van der Waals surface area contributed by atoms with Crippen LogP contribution in [0.1, 0.15) is 35.9 Å². The number of likely N-dealkylation sites (tertiary alicyclic amines) is 1. The SMILES string of the molecule is CCc1[nH]nc(C(=O)NC2CCC(=O)N(C)C2=O)c1N. The van der Waals surface area contributed by atoms with Crippen LogP contribution < -0.4 is 11.1 Å². The van der Waals surface area contributed by atoms with Crippen molar-refractivity contribution in [3.05, 3.63) is 11.4 Å². The number of nitrogens with two attached hydrogens (primary N) is 1. The quantitative estimate of drug-likeness (QED) is 0.640. The predicted octanol–water partition coefficient (Wildman–Crippen LogP) is -0.568. The van der Waals surface area contributed by atoms with Gasteiger partial charge in [-0.3, -0.25) is 24.4 Å². The number of aryl methyl sites for hydroxylation is 1. The summed E-state index contributed by atoms with van der Waals surface area (Å²) < 4.78 is 0. The van der Waals surface area contributed by atoms with Crippen LogP contribution in [0.25, 0.3) is 0 Å². The van der Waals surface area contributed by atoms with Crippen LogP contribution in [0, 0.1) is 0 Å². The van der Waals surface area contributed by atoms with Gasteiger partial charge >= 0.3 is 0 Å². The Morgan fingerprint density at radius 1 is 1.55 bits per heavy atom. The monoisotopic (exact) mass is 279 g/mol. The number of nitrogens with zero attached hydrogens (tertiary/aromatic N) is 2. The molecule has 4 N–H and O–H groups in total. The van der Waals surface area contributed by atoms with E-state index >= 15 is 0 Å². The van der Waals surface area contributed by atoms with E-state index in [1.165, 1.54) is 7.05 Å². The summed E-state index contributed by atoms with van der Waals surface area (Å²) in [6.45, 7) is 1.89. The largest absolute Gasteiger partial charge is 0.395 e. The first-order valence-electron chi connectivity index (χ1n) is 6.39. The highest BCUT2D eigenvalue weighted by Gasteiger charge is 2.33. The van der Waals surface area contributed by atoms with E-state index in [9.17, 15) is 14.4 Å². The minimum Gasteiger partial charge on any atom is -0.395 e. The lowest BCUT2D eigenvalue weighted by molar-refractivity contribution is -0.147. The number of imide groups is 1. The second kappa shape index (κ2) is 5.32. The smallest absolute Gasteiger partial charge is 0.274 e. The van der Waals surface area contributed by atoms with Crippen molar-refractivity contribution >= 4 is 23.4 Å². The standard InChI is InChI=1S/C12H17N5O3/c1-3-6-9(13)10(16-15-6)11(19)14-7-4-5-8(18)17(2)12(7)20/h7H,3-5,13H2,1-2H3,(H,14,19)(H,15,16). The summed E-state index contributed by atoms with van der Waals surface area (Å²) in [7, 11) is 1.40. The Kier molecular flexibility index (Phi) is 3.73. The van der Waals surface area contributed by atoms with Crippen molar-refractivity contribution in [2.45, 2.75) is 32.2 Å². The number of nitrogen functional groups attached to an aromatic ring is 1. The number of anilines is 1. The lowest BCUT2D eigenvalue weighted by atomic mass is 10.0. The Morgan fingerprint density at radius 2 is 2.25 bits per heavy atom. The molecular formula is C12H17N5O3. The average Bonchev–Trinajstić information content (AvgIpc) is 2.80. The summed E-state index contributed by atoms with van der Waals surface area (Å²) >= 11 is 0. The molecule has 1 fully saturated rings. The first-order chi connectivity index (χ1) is 9.45. The molecule has 1 aliphatic rings. The fourth-order valence-corrected chi connectivity index (χ4v) is 2.11. The molecule has 0 aliphatic carbocycles. The van der Waals surface area contributed by atoms with Gasteiger partial charge in [0, 0.05) is 13.5 Å². The van der Waals surface area contributed by atoms with Gasteiger partial charge in [0.1, 0.15) is 6.04 Å². The van der Waals surface area contributed by atoms with E-state index in [0.717, 1.165) is 4.90 Å². The van der Waals surface area contributed by atoms with E-state index in [2.05, 4.69) is 15.5 Å². The Bertz CT molecular complexity index is 565. The zero-order valence-electron chi connectivity index (χ0n) is 11.4. The summed E-state index contributed by atoms with van der Waals surface area (Å²) in [4.78, 5) is 36.3. The zero-order valence-corrected chi connectivity index (χ0v) is 11.4. The molecule has 108 valence electrons. The Balaban J connectivity index is 2.10. The first kappa shape index (κ1) is 14.0. The second-order valence-corrected chi connectivity index (χ2v) is 4.67. The fraction of sp³-hybridized carbons (Fsp3) is 0.500. The van der Waals surface area contributed by atoms with Crippen LogP contribution in [-0.4, -0.2) is 45.9 Å². The van der Waals surface area contributed by atoms with Crippen molar-refractivity contribution < 1.29 is 14.4 Å². The van der Waals surface area contributed by atoms with E-state index < -0.39 is 17.9 Å². The van der Waals surface area contributed by atoms with Gasteiger partial charge in [-0.25, -0.2) is 0 Å². The maximum atomic E-state index is 12.1. The number of nitrogens with one attached hydrogen (secondary N) is 2. The molecule has 0 bridgehead atoms. The molecule has 1 aliphatic heterocycles. The topological polar surface area (TPSA) is 121 Å². The van der Waals surface area contributed by atoms with Gasteiger partial charge in [-0.15, -0.1) is 0 Å². The predicted molar refractivity (Wildman–Crippen MR) is 70.6 cm³/mol. The van der Waals surface area contributed by atoms with Crippen molar-refractivity contribution in [1.29, 1.82) is 0 Å². The van der Waals surface area contributed by atoms with Gasteiger partial charge in [0.15, 0.2) is 5.69 Å². The highest BCUT2D eigenvalue weighted by molar-refractivity contribution is 6.04. The number of aromatic amines is 1. The molecule has 0 saturated carbocycles. The maximum Gasteiger partial charge on any atom is 0.274 e. The van der Waals surface area contributed by atoms with Gasteiger partial charge in [0.25, 0.3) is 11.8 Å². The van der Waals surface area contributed by atoms with E-state index in [1.807, 2.05) is 6.92 Å². The average molecular weight is 279 g/mol. The molecule has 3 amide bonds. The number of amides is 3. The van der Waals surface area contributed by atoms with Crippen molar-refractivity contribution in [3.63, 3.8) is 0 Å². The molecular weight excluding hydrogens is 262 g/mol. The third kappa shape index (κ3) is 2.36. The summed E-state index contributed by atoms with van der Waals surface area (Å²) in [5, 5.41) is 9.11. The number of piperidine rings is 1. The van der Waals surface area contributed by atoms with Crippen molar-refractivity contribution in [2.75, 3.05) is 12.8 Å². The summed E-state index contributed by atoms with van der Waals surface area (Å²) in [5.74, 6) is -1.17. The number of likely N-dealkylation sites (N-methyl/N-ethyl adjacent to an activating group) is 1. The zero-order chi connectivity index (χ0) is 14.9. The van der Waals surface area contributed by atoms with Gasteiger partial charge in [0.05, 0.1) is 11.4 Å². The van der Waals surface area contributed by atoms with E-state index in [4.69, 9.17) is 5.73 Å².